The van der Waals surface area contributed by atoms with Gasteiger partial charge in [0.05, 0.1) is 6.10 Å². The first-order valence-corrected chi connectivity index (χ1v) is 9.38. The van der Waals surface area contributed by atoms with Gasteiger partial charge in [-0.2, -0.15) is 0 Å². The van der Waals surface area contributed by atoms with Crippen molar-refractivity contribution in [2.45, 2.75) is 43.4 Å². The second-order valence-corrected chi connectivity index (χ2v) is 7.46. The van der Waals surface area contributed by atoms with Gasteiger partial charge in [0.2, 0.25) is 0 Å². The molecule has 0 radical (unpaired) electrons. The summed E-state index contributed by atoms with van der Waals surface area (Å²) in [6.07, 6.45) is 6.82. The van der Waals surface area contributed by atoms with Crippen molar-refractivity contribution >= 4 is 0 Å². The van der Waals surface area contributed by atoms with E-state index < -0.39 is 6.10 Å². The number of rotatable bonds is 5. The second-order valence-electron chi connectivity index (χ2n) is 7.46. The topological polar surface area (TPSA) is 37.6 Å². The van der Waals surface area contributed by atoms with Crippen LogP contribution in [0.4, 0.5) is 0 Å². The molecule has 1 aromatic heterocycles. The smallest absolute Gasteiger partial charge is 0.109 e. The molecule has 0 bridgehead atoms. The molecule has 1 fully saturated rings. The van der Waals surface area contributed by atoms with Crippen LogP contribution in [-0.4, -0.2) is 47.4 Å². The van der Waals surface area contributed by atoms with E-state index in [0.717, 1.165) is 39.0 Å². The largest absolute Gasteiger partial charge is 0.389 e. The van der Waals surface area contributed by atoms with Gasteiger partial charge < -0.3 is 19.3 Å². The normalized spacial score (nSPS) is 25.4. The van der Waals surface area contributed by atoms with Gasteiger partial charge in [0.25, 0.3) is 0 Å². The molecule has 0 amide bonds. The first-order chi connectivity index (χ1) is 12.2. The molecule has 2 heterocycles. The van der Waals surface area contributed by atoms with Gasteiger partial charge in [-0.3, -0.25) is 0 Å². The zero-order valence-electron chi connectivity index (χ0n) is 15.0. The van der Waals surface area contributed by atoms with Crippen molar-refractivity contribution in [3.8, 4) is 0 Å². The van der Waals surface area contributed by atoms with Gasteiger partial charge in [0.1, 0.15) is 6.10 Å². The highest BCUT2D eigenvalue weighted by atomic mass is 16.5. The van der Waals surface area contributed by atoms with Gasteiger partial charge >= 0.3 is 0 Å². The number of benzene rings is 1. The molecule has 1 aliphatic carbocycles. The Labute approximate surface area is 150 Å². The lowest BCUT2D eigenvalue weighted by Crippen LogP contribution is -2.48. The van der Waals surface area contributed by atoms with Crippen molar-refractivity contribution in [2.24, 2.45) is 0 Å². The first-order valence-electron chi connectivity index (χ1n) is 9.38. The summed E-state index contributed by atoms with van der Waals surface area (Å²) in [6, 6.07) is 12.6. The quantitative estimate of drug-likeness (QED) is 0.909. The van der Waals surface area contributed by atoms with Crippen molar-refractivity contribution in [1.29, 1.82) is 0 Å². The molecule has 2 atom stereocenters. The average molecular weight is 340 g/mol. The summed E-state index contributed by atoms with van der Waals surface area (Å²) >= 11 is 0. The summed E-state index contributed by atoms with van der Waals surface area (Å²) in [5, 5.41) is 11.0. The SMILES string of the molecule is CO[C@@H]1c2ccccc2C2(CCN(CCCn3cccc3)CC2)[C@H]1O. The second kappa shape index (κ2) is 6.94. The van der Waals surface area contributed by atoms with E-state index in [-0.39, 0.29) is 11.5 Å². The van der Waals surface area contributed by atoms with E-state index in [9.17, 15) is 5.11 Å². The van der Waals surface area contributed by atoms with Crippen molar-refractivity contribution in [3.63, 3.8) is 0 Å². The average Bonchev–Trinajstić information content (AvgIpc) is 3.23. The number of likely N-dealkylation sites (tertiary alicyclic amines) is 1. The molecule has 0 unspecified atom stereocenters. The lowest BCUT2D eigenvalue weighted by Gasteiger charge is -2.42. The molecule has 134 valence electrons. The highest BCUT2D eigenvalue weighted by molar-refractivity contribution is 5.44. The van der Waals surface area contributed by atoms with Crippen molar-refractivity contribution in [1.82, 2.24) is 9.47 Å². The fourth-order valence-corrected chi connectivity index (χ4v) is 4.81. The summed E-state index contributed by atoms with van der Waals surface area (Å²) in [7, 11) is 1.71. The van der Waals surface area contributed by atoms with Gasteiger partial charge in [-0.05, 0) is 62.2 Å². The minimum absolute atomic E-state index is 0.131. The van der Waals surface area contributed by atoms with E-state index in [2.05, 4.69) is 52.2 Å². The Bertz CT molecular complexity index is 690. The number of aliphatic hydroxyl groups is 1. The van der Waals surface area contributed by atoms with Crippen molar-refractivity contribution in [3.05, 3.63) is 59.9 Å². The highest BCUT2D eigenvalue weighted by Crippen LogP contribution is 2.51. The summed E-state index contributed by atoms with van der Waals surface area (Å²) in [4.78, 5) is 2.55. The Morgan fingerprint density at radius 1 is 1.08 bits per heavy atom. The Morgan fingerprint density at radius 2 is 1.80 bits per heavy atom. The standard InChI is InChI=1S/C21H28N2O2/c1-25-19-17-7-2-3-8-18(17)21(20(19)24)9-15-23(16-10-21)14-6-13-22-11-4-5-12-22/h2-5,7-8,11-12,19-20,24H,6,9-10,13-16H2,1H3/t19-,20+/m1/s1. The summed E-state index contributed by atoms with van der Waals surface area (Å²) < 4.78 is 7.89. The first kappa shape index (κ1) is 16.8. The molecule has 2 aromatic rings. The Morgan fingerprint density at radius 3 is 2.52 bits per heavy atom. The molecule has 0 saturated carbocycles. The maximum Gasteiger partial charge on any atom is 0.109 e. The molecule has 4 rings (SSSR count). The van der Waals surface area contributed by atoms with Crippen LogP contribution < -0.4 is 0 Å². The van der Waals surface area contributed by atoms with E-state index in [1.165, 1.54) is 17.5 Å². The monoisotopic (exact) mass is 340 g/mol. The van der Waals surface area contributed by atoms with Crippen LogP contribution >= 0.6 is 0 Å². The van der Waals surface area contributed by atoms with Crippen LogP contribution in [0.3, 0.4) is 0 Å². The fourth-order valence-electron chi connectivity index (χ4n) is 4.81. The number of piperidine rings is 1. The molecule has 25 heavy (non-hydrogen) atoms. The van der Waals surface area contributed by atoms with Crippen LogP contribution in [-0.2, 0) is 16.7 Å². The number of hydrogen-bond donors (Lipinski definition) is 1. The van der Waals surface area contributed by atoms with Gasteiger partial charge in [0.15, 0.2) is 0 Å². The number of aromatic nitrogens is 1. The lowest BCUT2D eigenvalue weighted by molar-refractivity contribution is -0.0546. The Hall–Kier alpha value is -1.62. The van der Waals surface area contributed by atoms with Crippen molar-refractivity contribution < 1.29 is 9.84 Å². The van der Waals surface area contributed by atoms with Crippen LogP contribution in [0, 0.1) is 0 Å². The number of methoxy groups -OCH3 is 1. The number of hydrogen-bond acceptors (Lipinski definition) is 3. The zero-order valence-corrected chi connectivity index (χ0v) is 15.0. The zero-order chi connectivity index (χ0) is 17.3. The molecule has 4 heteroatoms. The maximum absolute atomic E-state index is 11.0. The summed E-state index contributed by atoms with van der Waals surface area (Å²) in [5.74, 6) is 0. The van der Waals surface area contributed by atoms with Gasteiger partial charge in [0, 0.05) is 31.5 Å². The number of ether oxygens (including phenoxy) is 1. The maximum atomic E-state index is 11.0. The van der Waals surface area contributed by atoms with E-state index in [4.69, 9.17) is 4.74 Å². The number of fused-ring (bicyclic) bond motifs is 2. The third kappa shape index (κ3) is 2.92. The van der Waals surface area contributed by atoms with E-state index in [1.807, 2.05) is 6.07 Å². The number of aliphatic hydroxyl groups excluding tert-OH is 1. The predicted octanol–water partition coefficient (Wildman–Crippen LogP) is 2.97. The van der Waals surface area contributed by atoms with Gasteiger partial charge in [-0.1, -0.05) is 24.3 Å². The molecule has 1 saturated heterocycles. The van der Waals surface area contributed by atoms with E-state index in [0.29, 0.717) is 0 Å². The van der Waals surface area contributed by atoms with Gasteiger partial charge in [-0.25, -0.2) is 0 Å². The Kier molecular flexibility index (Phi) is 4.67. The van der Waals surface area contributed by atoms with Crippen LogP contribution in [0.15, 0.2) is 48.8 Å². The molecular weight excluding hydrogens is 312 g/mol. The molecule has 1 N–H and O–H groups in total. The molecule has 1 aromatic carbocycles. The number of nitrogens with zero attached hydrogens (tertiary/aromatic N) is 2. The van der Waals surface area contributed by atoms with E-state index in [1.54, 1.807) is 7.11 Å². The van der Waals surface area contributed by atoms with Crippen LogP contribution in [0.1, 0.15) is 36.5 Å². The lowest BCUT2D eigenvalue weighted by atomic mass is 9.72. The third-order valence-corrected chi connectivity index (χ3v) is 6.22. The van der Waals surface area contributed by atoms with Crippen LogP contribution in [0.2, 0.25) is 0 Å². The molecular formula is C21H28N2O2. The molecule has 1 aliphatic heterocycles. The third-order valence-electron chi connectivity index (χ3n) is 6.22. The highest BCUT2D eigenvalue weighted by Gasteiger charge is 2.52. The molecule has 1 spiro atoms. The van der Waals surface area contributed by atoms with Crippen LogP contribution in [0.5, 0.6) is 0 Å². The fraction of sp³-hybridized carbons (Fsp3) is 0.524. The summed E-state index contributed by atoms with van der Waals surface area (Å²) in [5.41, 5.74) is 2.36. The van der Waals surface area contributed by atoms with Crippen molar-refractivity contribution in [2.75, 3.05) is 26.7 Å². The molecule has 2 aliphatic rings. The minimum atomic E-state index is -0.433. The van der Waals surface area contributed by atoms with E-state index >= 15 is 0 Å². The minimum Gasteiger partial charge on any atom is -0.389 e. The summed E-state index contributed by atoms with van der Waals surface area (Å²) in [6.45, 7) is 4.30. The molecule has 4 nitrogen and oxygen atoms in total. The van der Waals surface area contributed by atoms with Crippen LogP contribution in [0.25, 0.3) is 0 Å². The Balaban J connectivity index is 1.40. The van der Waals surface area contributed by atoms with Gasteiger partial charge in [-0.15, -0.1) is 0 Å². The number of aryl methyl sites for hydroxylation is 1. The predicted molar refractivity (Wildman–Crippen MR) is 98.6 cm³/mol.